The lowest BCUT2D eigenvalue weighted by Gasteiger charge is -2.05. The molecule has 0 atom stereocenters. The van der Waals surface area contributed by atoms with Crippen LogP contribution in [0.5, 0.6) is 0 Å². The number of aromatic nitrogens is 1. The molecule has 0 spiro atoms. The molecular weight excluding hydrogens is 345 g/mol. The third-order valence-corrected chi connectivity index (χ3v) is 4.20. The average Bonchev–Trinajstić information content (AvgIpc) is 3.05. The zero-order valence-electron chi connectivity index (χ0n) is 13.4. The highest BCUT2D eigenvalue weighted by molar-refractivity contribution is 6.30. The van der Waals surface area contributed by atoms with Gasteiger partial charge in [0.25, 0.3) is 0 Å². The number of nitrogens with one attached hydrogen (secondary N) is 1. The summed E-state index contributed by atoms with van der Waals surface area (Å²) in [5.41, 5.74) is 2.12. The first-order valence-electron chi connectivity index (χ1n) is 7.75. The zero-order chi connectivity index (χ0) is 18.0. The predicted octanol–water partition coefficient (Wildman–Crippen LogP) is 4.56. The largest absolute Gasteiger partial charge is 0.454 e. The van der Waals surface area contributed by atoms with Crippen molar-refractivity contribution in [2.75, 3.05) is 6.61 Å². The van der Waals surface area contributed by atoms with E-state index in [4.69, 9.17) is 16.3 Å². The number of carbonyl (C=O) groups excluding carboxylic acids is 2. The van der Waals surface area contributed by atoms with Gasteiger partial charge in [-0.15, -0.1) is 0 Å². The van der Waals surface area contributed by atoms with E-state index in [1.807, 2.05) is 25.1 Å². The molecule has 3 aromatic rings. The van der Waals surface area contributed by atoms with E-state index in [-0.39, 0.29) is 16.4 Å². The van der Waals surface area contributed by atoms with Gasteiger partial charge in [0.05, 0.1) is 5.56 Å². The van der Waals surface area contributed by atoms with Crippen molar-refractivity contribution in [3.63, 3.8) is 0 Å². The van der Waals surface area contributed by atoms with Crippen molar-refractivity contribution < 1.29 is 18.7 Å². The highest BCUT2D eigenvalue weighted by atomic mass is 35.5. The molecule has 3 rings (SSSR count). The van der Waals surface area contributed by atoms with Crippen LogP contribution in [-0.4, -0.2) is 23.3 Å². The molecular formula is C19H15ClFNO3. The van der Waals surface area contributed by atoms with Crippen molar-refractivity contribution in [2.45, 2.75) is 13.3 Å². The summed E-state index contributed by atoms with van der Waals surface area (Å²) in [6, 6.07) is 9.26. The third kappa shape index (κ3) is 3.42. The van der Waals surface area contributed by atoms with E-state index in [9.17, 15) is 14.0 Å². The minimum atomic E-state index is -0.928. The van der Waals surface area contributed by atoms with Crippen molar-refractivity contribution in [1.29, 1.82) is 0 Å². The van der Waals surface area contributed by atoms with E-state index in [1.54, 1.807) is 6.20 Å². The number of aryl methyl sites for hydroxylation is 1. The highest BCUT2D eigenvalue weighted by Gasteiger charge is 2.18. The smallest absolute Gasteiger partial charge is 0.341 e. The highest BCUT2D eigenvalue weighted by Crippen LogP contribution is 2.23. The number of fused-ring (bicyclic) bond motifs is 1. The number of halogens is 2. The van der Waals surface area contributed by atoms with E-state index in [0.29, 0.717) is 5.56 Å². The van der Waals surface area contributed by atoms with Gasteiger partial charge in [-0.3, -0.25) is 4.79 Å². The molecule has 1 N–H and O–H groups in total. The Bertz CT molecular complexity index is 964. The quantitative estimate of drug-likeness (QED) is 0.536. The maximum absolute atomic E-state index is 13.7. The number of esters is 1. The van der Waals surface area contributed by atoms with Crippen molar-refractivity contribution in [1.82, 2.24) is 4.98 Å². The summed E-state index contributed by atoms with van der Waals surface area (Å²) >= 11 is 5.75. The molecule has 4 nitrogen and oxygen atoms in total. The monoisotopic (exact) mass is 359 g/mol. The van der Waals surface area contributed by atoms with Crippen LogP contribution in [0, 0.1) is 5.82 Å². The number of H-pyrrole nitrogens is 1. The number of aromatic amines is 1. The molecule has 1 aromatic heterocycles. The molecule has 0 amide bonds. The molecule has 0 saturated heterocycles. The van der Waals surface area contributed by atoms with Gasteiger partial charge in [0.1, 0.15) is 5.82 Å². The third-order valence-electron chi connectivity index (χ3n) is 3.97. The molecule has 6 heteroatoms. The fraction of sp³-hybridized carbons (Fsp3) is 0.158. The van der Waals surface area contributed by atoms with Crippen LogP contribution >= 0.6 is 11.6 Å². The van der Waals surface area contributed by atoms with Crippen molar-refractivity contribution in [3.8, 4) is 0 Å². The average molecular weight is 360 g/mol. The van der Waals surface area contributed by atoms with Crippen LogP contribution < -0.4 is 0 Å². The molecule has 0 aliphatic rings. The lowest BCUT2D eigenvalue weighted by molar-refractivity contribution is 0.0470. The Morgan fingerprint density at radius 1 is 1.20 bits per heavy atom. The van der Waals surface area contributed by atoms with Crippen molar-refractivity contribution >= 4 is 34.3 Å². The minimum Gasteiger partial charge on any atom is -0.454 e. The molecule has 0 fully saturated rings. The molecule has 0 radical (unpaired) electrons. The summed E-state index contributed by atoms with van der Waals surface area (Å²) in [4.78, 5) is 27.5. The van der Waals surface area contributed by atoms with Gasteiger partial charge in [0.15, 0.2) is 6.61 Å². The summed E-state index contributed by atoms with van der Waals surface area (Å²) in [6.07, 6.45) is 2.43. The van der Waals surface area contributed by atoms with Crippen LogP contribution in [0.1, 0.15) is 33.2 Å². The Hall–Kier alpha value is -2.66. The number of para-hydroxylation sites is 1. The lowest BCUT2D eigenvalue weighted by Crippen LogP contribution is -2.15. The maximum atomic E-state index is 13.7. The van der Waals surface area contributed by atoms with Crippen LogP contribution in [0.15, 0.2) is 42.6 Å². The van der Waals surface area contributed by atoms with Crippen LogP contribution in [0.25, 0.3) is 10.9 Å². The molecule has 0 aliphatic carbocycles. The number of Topliss-reactive ketones (excluding diaryl/α,β-unsaturated/α-hetero) is 1. The summed E-state index contributed by atoms with van der Waals surface area (Å²) in [5.74, 6) is -2.04. The SMILES string of the molecule is CCc1cccc2c(C(=O)COC(=O)c3cc(Cl)ccc3F)c[nH]c12. The van der Waals surface area contributed by atoms with Gasteiger partial charge in [0, 0.05) is 27.7 Å². The summed E-state index contributed by atoms with van der Waals surface area (Å²) in [5, 5.41) is 0.984. The normalized spacial score (nSPS) is 10.8. The first kappa shape index (κ1) is 17.2. The molecule has 0 aliphatic heterocycles. The predicted molar refractivity (Wildman–Crippen MR) is 93.7 cm³/mol. The topological polar surface area (TPSA) is 59.2 Å². The Kier molecular flexibility index (Phi) is 4.86. The molecule has 128 valence electrons. The van der Waals surface area contributed by atoms with Crippen LogP contribution in [0.2, 0.25) is 5.02 Å². The molecule has 1 heterocycles. The Morgan fingerprint density at radius 2 is 2.00 bits per heavy atom. The van der Waals surface area contributed by atoms with E-state index in [2.05, 4.69) is 4.98 Å². The Morgan fingerprint density at radius 3 is 2.76 bits per heavy atom. The minimum absolute atomic E-state index is 0.211. The van der Waals surface area contributed by atoms with Crippen LogP contribution in [-0.2, 0) is 11.2 Å². The van der Waals surface area contributed by atoms with E-state index >= 15 is 0 Å². The van der Waals surface area contributed by atoms with Gasteiger partial charge >= 0.3 is 5.97 Å². The summed E-state index contributed by atoms with van der Waals surface area (Å²) < 4.78 is 18.6. The molecule has 0 unspecified atom stereocenters. The molecule has 0 saturated carbocycles. The first-order chi connectivity index (χ1) is 12.0. The number of ketones is 1. The maximum Gasteiger partial charge on any atom is 0.341 e. The number of ether oxygens (including phenoxy) is 1. The second-order valence-corrected chi connectivity index (χ2v) is 5.96. The molecule has 0 bridgehead atoms. The van der Waals surface area contributed by atoms with Gasteiger partial charge in [-0.05, 0) is 30.2 Å². The fourth-order valence-electron chi connectivity index (χ4n) is 2.68. The van der Waals surface area contributed by atoms with Gasteiger partial charge in [-0.25, -0.2) is 9.18 Å². The first-order valence-corrected chi connectivity index (χ1v) is 8.13. The second kappa shape index (κ2) is 7.07. The van der Waals surface area contributed by atoms with Crippen molar-refractivity contribution in [2.24, 2.45) is 0 Å². The van der Waals surface area contributed by atoms with Gasteiger partial charge in [-0.1, -0.05) is 36.7 Å². The van der Waals surface area contributed by atoms with Gasteiger partial charge in [-0.2, -0.15) is 0 Å². The summed E-state index contributed by atoms with van der Waals surface area (Å²) in [6.45, 7) is 1.55. The van der Waals surface area contributed by atoms with Gasteiger partial charge < -0.3 is 9.72 Å². The number of hydrogen-bond donors (Lipinski definition) is 1. The number of benzene rings is 2. The van der Waals surface area contributed by atoms with E-state index in [0.717, 1.165) is 29.0 Å². The van der Waals surface area contributed by atoms with Crippen molar-refractivity contribution in [3.05, 3.63) is 70.1 Å². The van der Waals surface area contributed by atoms with E-state index in [1.165, 1.54) is 12.1 Å². The van der Waals surface area contributed by atoms with Crippen LogP contribution in [0.4, 0.5) is 4.39 Å². The number of hydrogen-bond acceptors (Lipinski definition) is 3. The van der Waals surface area contributed by atoms with Gasteiger partial charge in [0.2, 0.25) is 5.78 Å². The summed E-state index contributed by atoms with van der Waals surface area (Å²) in [7, 11) is 0. The van der Waals surface area contributed by atoms with E-state index < -0.39 is 18.4 Å². The zero-order valence-corrected chi connectivity index (χ0v) is 14.2. The standard InChI is InChI=1S/C19H15ClFNO3/c1-2-11-4-3-5-13-15(9-22-18(11)13)17(23)10-25-19(24)14-8-12(20)6-7-16(14)21/h3-9,22H,2,10H2,1H3. The lowest BCUT2D eigenvalue weighted by atomic mass is 10.1. The second-order valence-electron chi connectivity index (χ2n) is 5.52. The fourth-order valence-corrected chi connectivity index (χ4v) is 2.86. The van der Waals surface area contributed by atoms with Crippen LogP contribution in [0.3, 0.4) is 0 Å². The molecule has 25 heavy (non-hydrogen) atoms. The number of rotatable bonds is 5. The Labute approximate surface area is 148 Å². The molecule has 2 aromatic carbocycles. The number of carbonyl (C=O) groups is 2. The Balaban J connectivity index is 1.77.